The maximum absolute atomic E-state index is 12.5. The molecule has 0 aliphatic heterocycles. The van der Waals surface area contributed by atoms with E-state index >= 15 is 0 Å². The first-order chi connectivity index (χ1) is 14.5. The SMILES string of the molecule is COc1ccc(-c2nc3ccccc3o2)cc1NC(=O)COc1ccc(C)cc1C. The van der Waals surface area contributed by atoms with Gasteiger partial charge in [-0.1, -0.05) is 29.8 Å². The number of para-hydroxylation sites is 2. The van der Waals surface area contributed by atoms with Crippen molar-refractivity contribution in [3.05, 3.63) is 71.8 Å². The first kappa shape index (κ1) is 19.5. The number of nitrogens with zero attached hydrogens (tertiary/aromatic N) is 1. The Kier molecular flexibility index (Phi) is 5.39. The highest BCUT2D eigenvalue weighted by atomic mass is 16.5. The Labute approximate surface area is 174 Å². The summed E-state index contributed by atoms with van der Waals surface area (Å²) in [7, 11) is 1.55. The van der Waals surface area contributed by atoms with Crippen LogP contribution in [0, 0.1) is 13.8 Å². The van der Waals surface area contributed by atoms with Gasteiger partial charge in [-0.15, -0.1) is 0 Å². The van der Waals surface area contributed by atoms with Crippen LogP contribution in [0.4, 0.5) is 5.69 Å². The quantitative estimate of drug-likeness (QED) is 0.483. The fourth-order valence-electron chi connectivity index (χ4n) is 3.23. The van der Waals surface area contributed by atoms with Crippen LogP contribution < -0.4 is 14.8 Å². The summed E-state index contributed by atoms with van der Waals surface area (Å²) in [4.78, 5) is 17.0. The molecule has 0 bridgehead atoms. The molecule has 0 aliphatic carbocycles. The molecule has 0 aliphatic rings. The van der Waals surface area contributed by atoms with Crippen molar-refractivity contribution in [2.45, 2.75) is 13.8 Å². The summed E-state index contributed by atoms with van der Waals surface area (Å²) in [5.74, 6) is 1.40. The largest absolute Gasteiger partial charge is 0.495 e. The van der Waals surface area contributed by atoms with E-state index in [9.17, 15) is 4.79 Å². The highest BCUT2D eigenvalue weighted by Gasteiger charge is 2.14. The van der Waals surface area contributed by atoms with Crippen molar-refractivity contribution in [3.63, 3.8) is 0 Å². The van der Waals surface area contributed by atoms with Crippen molar-refractivity contribution in [1.29, 1.82) is 0 Å². The smallest absolute Gasteiger partial charge is 0.262 e. The number of carbonyl (C=O) groups is 1. The molecule has 4 rings (SSSR count). The Morgan fingerprint density at radius 3 is 2.60 bits per heavy atom. The standard InChI is InChI=1S/C24H22N2O4/c1-15-8-10-20(16(2)12-15)29-14-23(27)25-19-13-17(9-11-21(19)28-3)24-26-18-6-4-5-7-22(18)30-24/h4-13H,14H2,1-3H3,(H,25,27). The molecule has 6 heteroatoms. The van der Waals surface area contributed by atoms with E-state index in [0.717, 1.165) is 22.2 Å². The van der Waals surface area contributed by atoms with Crippen LogP contribution in [0.15, 0.2) is 65.1 Å². The molecule has 1 heterocycles. The van der Waals surface area contributed by atoms with Crippen LogP contribution >= 0.6 is 0 Å². The number of fused-ring (bicyclic) bond motifs is 1. The van der Waals surface area contributed by atoms with Gasteiger partial charge in [0.25, 0.3) is 5.91 Å². The first-order valence-corrected chi connectivity index (χ1v) is 9.57. The van der Waals surface area contributed by atoms with E-state index in [1.165, 1.54) is 0 Å². The Morgan fingerprint density at radius 2 is 1.83 bits per heavy atom. The van der Waals surface area contributed by atoms with E-state index in [1.807, 2.05) is 62.4 Å². The Morgan fingerprint density at radius 1 is 1.03 bits per heavy atom. The van der Waals surface area contributed by atoms with Crippen LogP contribution in [0.1, 0.15) is 11.1 Å². The van der Waals surface area contributed by atoms with Gasteiger partial charge in [0.1, 0.15) is 17.0 Å². The summed E-state index contributed by atoms with van der Waals surface area (Å²) >= 11 is 0. The van der Waals surface area contributed by atoms with Crippen molar-refractivity contribution in [2.75, 3.05) is 19.0 Å². The second-order valence-electron chi connectivity index (χ2n) is 7.01. The number of aryl methyl sites for hydroxylation is 2. The molecule has 1 amide bonds. The van der Waals surface area contributed by atoms with Crippen LogP contribution in [-0.2, 0) is 4.79 Å². The molecule has 0 unspecified atom stereocenters. The number of methoxy groups -OCH3 is 1. The number of aromatic nitrogens is 1. The van der Waals surface area contributed by atoms with Gasteiger partial charge in [0.15, 0.2) is 12.2 Å². The van der Waals surface area contributed by atoms with E-state index in [4.69, 9.17) is 13.9 Å². The van der Waals surface area contributed by atoms with Crippen molar-refractivity contribution < 1.29 is 18.7 Å². The molecular formula is C24H22N2O4. The number of hydrogen-bond acceptors (Lipinski definition) is 5. The van der Waals surface area contributed by atoms with Crippen LogP contribution in [0.2, 0.25) is 0 Å². The minimum atomic E-state index is -0.289. The first-order valence-electron chi connectivity index (χ1n) is 9.57. The number of carbonyl (C=O) groups excluding carboxylic acids is 1. The summed E-state index contributed by atoms with van der Waals surface area (Å²) in [5, 5.41) is 2.85. The maximum atomic E-state index is 12.5. The molecule has 30 heavy (non-hydrogen) atoms. The Hall–Kier alpha value is -3.80. The zero-order chi connectivity index (χ0) is 21.1. The summed E-state index contributed by atoms with van der Waals surface area (Å²) in [6.45, 7) is 3.85. The number of hydrogen-bond donors (Lipinski definition) is 1. The third-order valence-corrected chi connectivity index (χ3v) is 4.70. The Balaban J connectivity index is 1.52. The molecule has 0 saturated heterocycles. The highest BCUT2D eigenvalue weighted by Crippen LogP contribution is 2.32. The lowest BCUT2D eigenvalue weighted by Crippen LogP contribution is -2.20. The number of nitrogens with one attached hydrogen (secondary N) is 1. The molecule has 1 aromatic heterocycles. The zero-order valence-corrected chi connectivity index (χ0v) is 17.1. The lowest BCUT2D eigenvalue weighted by molar-refractivity contribution is -0.118. The predicted octanol–water partition coefficient (Wildman–Crippen LogP) is 5.14. The number of oxazole rings is 1. The third-order valence-electron chi connectivity index (χ3n) is 4.70. The lowest BCUT2D eigenvalue weighted by Gasteiger charge is -2.13. The molecule has 4 aromatic rings. The average molecular weight is 402 g/mol. The van der Waals surface area contributed by atoms with Crippen LogP contribution in [0.5, 0.6) is 11.5 Å². The normalized spacial score (nSPS) is 10.8. The van der Waals surface area contributed by atoms with Gasteiger partial charge in [-0.3, -0.25) is 4.79 Å². The molecule has 0 radical (unpaired) electrons. The number of anilines is 1. The minimum absolute atomic E-state index is 0.111. The molecule has 6 nitrogen and oxygen atoms in total. The summed E-state index contributed by atoms with van der Waals surface area (Å²) < 4.78 is 16.9. The number of rotatable bonds is 6. The maximum Gasteiger partial charge on any atom is 0.262 e. The van der Waals surface area contributed by atoms with E-state index in [2.05, 4.69) is 10.3 Å². The van der Waals surface area contributed by atoms with Gasteiger partial charge in [-0.2, -0.15) is 0 Å². The fraction of sp³-hybridized carbons (Fsp3) is 0.167. The topological polar surface area (TPSA) is 73.6 Å². The van der Waals surface area contributed by atoms with Crippen LogP contribution in [0.3, 0.4) is 0 Å². The summed E-state index contributed by atoms with van der Waals surface area (Å²) in [6.07, 6.45) is 0. The second kappa shape index (κ2) is 8.29. The number of amides is 1. The van der Waals surface area contributed by atoms with Gasteiger partial charge in [0, 0.05) is 5.56 Å². The van der Waals surface area contributed by atoms with Gasteiger partial charge in [-0.05, 0) is 55.8 Å². The molecule has 0 atom stereocenters. The van der Waals surface area contributed by atoms with Crippen LogP contribution in [0.25, 0.3) is 22.6 Å². The second-order valence-corrected chi connectivity index (χ2v) is 7.01. The van der Waals surface area contributed by atoms with E-state index in [-0.39, 0.29) is 12.5 Å². The molecule has 3 aromatic carbocycles. The summed E-state index contributed by atoms with van der Waals surface area (Å²) in [6, 6.07) is 18.8. The van der Waals surface area contributed by atoms with Gasteiger partial charge < -0.3 is 19.2 Å². The van der Waals surface area contributed by atoms with E-state index in [0.29, 0.717) is 28.7 Å². The van der Waals surface area contributed by atoms with E-state index < -0.39 is 0 Å². The highest BCUT2D eigenvalue weighted by molar-refractivity contribution is 5.94. The zero-order valence-electron chi connectivity index (χ0n) is 17.1. The van der Waals surface area contributed by atoms with Gasteiger partial charge in [-0.25, -0.2) is 4.98 Å². The minimum Gasteiger partial charge on any atom is -0.495 e. The number of ether oxygens (including phenoxy) is 2. The molecule has 0 fully saturated rings. The Bertz CT molecular complexity index is 1180. The van der Waals surface area contributed by atoms with Crippen molar-refractivity contribution >= 4 is 22.7 Å². The average Bonchev–Trinajstić information content (AvgIpc) is 3.17. The van der Waals surface area contributed by atoms with Crippen molar-refractivity contribution in [2.24, 2.45) is 0 Å². The molecule has 152 valence electrons. The molecule has 1 N–H and O–H groups in total. The molecular weight excluding hydrogens is 380 g/mol. The molecule has 0 spiro atoms. The van der Waals surface area contributed by atoms with E-state index in [1.54, 1.807) is 19.2 Å². The fourth-order valence-corrected chi connectivity index (χ4v) is 3.23. The van der Waals surface area contributed by atoms with Crippen molar-refractivity contribution in [3.8, 4) is 23.0 Å². The van der Waals surface area contributed by atoms with Gasteiger partial charge >= 0.3 is 0 Å². The van der Waals surface area contributed by atoms with Crippen molar-refractivity contribution in [1.82, 2.24) is 4.98 Å². The van der Waals surface area contributed by atoms with Gasteiger partial charge in [0.2, 0.25) is 5.89 Å². The lowest BCUT2D eigenvalue weighted by atomic mass is 10.1. The predicted molar refractivity (Wildman–Crippen MR) is 116 cm³/mol. The monoisotopic (exact) mass is 402 g/mol. The van der Waals surface area contributed by atoms with Gasteiger partial charge in [0.05, 0.1) is 12.8 Å². The number of benzene rings is 3. The van der Waals surface area contributed by atoms with Crippen LogP contribution in [-0.4, -0.2) is 24.6 Å². The molecule has 0 saturated carbocycles. The summed E-state index contributed by atoms with van der Waals surface area (Å²) in [5.41, 5.74) is 4.86. The third kappa shape index (κ3) is 4.12.